The second kappa shape index (κ2) is 11.2. The molecular formula is C48H33N. The molecule has 1 heterocycles. The van der Waals surface area contributed by atoms with E-state index in [9.17, 15) is 0 Å². The lowest BCUT2D eigenvalue weighted by Crippen LogP contribution is -2.02. The molecule has 230 valence electrons. The number of fused-ring (bicyclic) bond motifs is 6. The molecule has 0 fully saturated rings. The highest BCUT2D eigenvalue weighted by Crippen LogP contribution is 2.45. The zero-order valence-corrected chi connectivity index (χ0v) is 27.1. The topological polar surface area (TPSA) is 4.93 Å². The van der Waals surface area contributed by atoms with E-state index in [-0.39, 0.29) is 0 Å². The van der Waals surface area contributed by atoms with Gasteiger partial charge in [0.15, 0.2) is 0 Å². The SMILES string of the molecule is C1=Cc2c(c(-c3ccc(-n4c5ccccc5c5cc(-c6cccc7ccccc67)ccc54)cc3)c3ccccc3c2-c2ccccc2)CC1. The number of hydrogen-bond acceptors (Lipinski definition) is 0. The van der Waals surface area contributed by atoms with Crippen LogP contribution in [0.25, 0.3) is 88.5 Å². The van der Waals surface area contributed by atoms with Gasteiger partial charge >= 0.3 is 0 Å². The highest BCUT2D eigenvalue weighted by molar-refractivity contribution is 6.12. The molecule has 9 aromatic rings. The van der Waals surface area contributed by atoms with Gasteiger partial charge in [-0.05, 0) is 109 Å². The molecule has 0 unspecified atom stereocenters. The van der Waals surface area contributed by atoms with Gasteiger partial charge in [0, 0.05) is 16.5 Å². The molecule has 0 aliphatic heterocycles. The van der Waals surface area contributed by atoms with E-state index in [4.69, 9.17) is 0 Å². The first-order chi connectivity index (χ1) is 24.3. The van der Waals surface area contributed by atoms with Gasteiger partial charge < -0.3 is 4.57 Å². The maximum atomic E-state index is 2.43. The molecule has 0 radical (unpaired) electrons. The lowest BCUT2D eigenvalue weighted by atomic mass is 9.80. The number of para-hydroxylation sites is 1. The zero-order valence-electron chi connectivity index (χ0n) is 27.1. The summed E-state index contributed by atoms with van der Waals surface area (Å²) in [5, 5.41) is 7.72. The minimum Gasteiger partial charge on any atom is -0.309 e. The van der Waals surface area contributed by atoms with Crippen LogP contribution < -0.4 is 0 Å². The second-order valence-corrected chi connectivity index (χ2v) is 13.2. The smallest absolute Gasteiger partial charge is 0.0541 e. The molecule has 49 heavy (non-hydrogen) atoms. The summed E-state index contributed by atoms with van der Waals surface area (Å²) < 4.78 is 2.43. The summed E-state index contributed by atoms with van der Waals surface area (Å²) in [6.07, 6.45) is 6.80. The van der Waals surface area contributed by atoms with Gasteiger partial charge in [0.1, 0.15) is 0 Å². The third-order valence-electron chi connectivity index (χ3n) is 10.5. The third-order valence-corrected chi connectivity index (χ3v) is 10.5. The third kappa shape index (κ3) is 4.40. The molecule has 10 rings (SSSR count). The monoisotopic (exact) mass is 623 g/mol. The Kier molecular flexibility index (Phi) is 6.38. The van der Waals surface area contributed by atoms with E-state index >= 15 is 0 Å². The Labute approximate surface area is 286 Å². The molecule has 0 saturated heterocycles. The van der Waals surface area contributed by atoms with Crippen molar-refractivity contribution in [2.45, 2.75) is 12.8 Å². The van der Waals surface area contributed by atoms with Crippen LogP contribution in [0.15, 0.2) is 170 Å². The Bertz CT molecular complexity index is 2740. The first kappa shape index (κ1) is 27.9. The standard InChI is InChI=1S/C48H33N/c1-2-14-33(15-3-1)47-40-19-6-8-21-42(40)48(43-22-9-7-20-41(43)47)34-25-28-36(29-26-34)49-45-24-11-10-18-39(45)44-31-35(27-30-46(44)49)38-23-12-16-32-13-4-5-17-37(32)38/h1-8,10-21,23-31H,9,22H2. The Morgan fingerprint density at radius 1 is 0.429 bits per heavy atom. The average Bonchev–Trinajstić information content (AvgIpc) is 3.51. The van der Waals surface area contributed by atoms with Gasteiger partial charge in [-0.3, -0.25) is 0 Å². The molecule has 0 atom stereocenters. The number of allylic oxidation sites excluding steroid dienone is 1. The van der Waals surface area contributed by atoms with Crippen LogP contribution >= 0.6 is 0 Å². The quantitative estimate of drug-likeness (QED) is 0.184. The fraction of sp³-hybridized carbons (Fsp3) is 0.0417. The van der Waals surface area contributed by atoms with Crippen LogP contribution in [0.5, 0.6) is 0 Å². The lowest BCUT2D eigenvalue weighted by Gasteiger charge is -2.24. The highest BCUT2D eigenvalue weighted by Gasteiger charge is 2.22. The van der Waals surface area contributed by atoms with Gasteiger partial charge in [-0.15, -0.1) is 0 Å². The molecule has 0 bridgehead atoms. The molecule has 0 N–H and O–H groups in total. The van der Waals surface area contributed by atoms with Crippen molar-refractivity contribution >= 4 is 49.4 Å². The van der Waals surface area contributed by atoms with Crippen molar-refractivity contribution in [2.24, 2.45) is 0 Å². The molecule has 1 aromatic heterocycles. The number of aromatic nitrogens is 1. The maximum absolute atomic E-state index is 2.43. The predicted octanol–water partition coefficient (Wildman–Crippen LogP) is 13.1. The van der Waals surface area contributed by atoms with Gasteiger partial charge in [0.2, 0.25) is 0 Å². The minimum atomic E-state index is 1.04. The number of nitrogens with zero attached hydrogens (tertiary/aromatic N) is 1. The first-order valence-electron chi connectivity index (χ1n) is 17.3. The van der Waals surface area contributed by atoms with Gasteiger partial charge in [-0.2, -0.15) is 0 Å². The Morgan fingerprint density at radius 3 is 1.90 bits per heavy atom. The van der Waals surface area contributed by atoms with Crippen LogP contribution in [0.4, 0.5) is 0 Å². The normalized spacial score (nSPS) is 12.7. The van der Waals surface area contributed by atoms with E-state index in [1.54, 1.807) is 0 Å². The van der Waals surface area contributed by atoms with Crippen LogP contribution in [0.2, 0.25) is 0 Å². The average molecular weight is 624 g/mol. The summed E-state index contributed by atoms with van der Waals surface area (Å²) in [4.78, 5) is 0. The minimum absolute atomic E-state index is 1.04. The molecule has 1 nitrogen and oxygen atoms in total. The summed E-state index contributed by atoms with van der Waals surface area (Å²) in [7, 11) is 0. The van der Waals surface area contributed by atoms with Gasteiger partial charge in [-0.25, -0.2) is 0 Å². The van der Waals surface area contributed by atoms with Crippen LogP contribution in [-0.2, 0) is 6.42 Å². The van der Waals surface area contributed by atoms with Crippen molar-refractivity contribution < 1.29 is 0 Å². The van der Waals surface area contributed by atoms with Crippen LogP contribution in [0.3, 0.4) is 0 Å². The van der Waals surface area contributed by atoms with Crippen molar-refractivity contribution in [3.63, 3.8) is 0 Å². The molecule has 0 amide bonds. The van der Waals surface area contributed by atoms with Crippen molar-refractivity contribution in [3.8, 4) is 39.1 Å². The van der Waals surface area contributed by atoms with Crippen molar-refractivity contribution in [2.75, 3.05) is 0 Å². The lowest BCUT2D eigenvalue weighted by molar-refractivity contribution is 0.991. The van der Waals surface area contributed by atoms with Crippen LogP contribution in [-0.4, -0.2) is 4.57 Å². The van der Waals surface area contributed by atoms with E-state index in [0.29, 0.717) is 0 Å². The summed E-state index contributed by atoms with van der Waals surface area (Å²) >= 11 is 0. The van der Waals surface area contributed by atoms with Gasteiger partial charge in [0.05, 0.1) is 11.0 Å². The Balaban J connectivity index is 1.14. The molecule has 0 saturated carbocycles. The van der Waals surface area contributed by atoms with E-state index < -0.39 is 0 Å². The van der Waals surface area contributed by atoms with E-state index in [1.165, 1.54) is 93.5 Å². The number of rotatable bonds is 4. The molecule has 0 spiro atoms. The van der Waals surface area contributed by atoms with Gasteiger partial charge in [0.25, 0.3) is 0 Å². The molecule has 1 aliphatic rings. The number of benzene rings is 8. The molecule has 1 aliphatic carbocycles. The van der Waals surface area contributed by atoms with E-state index in [2.05, 4.69) is 181 Å². The van der Waals surface area contributed by atoms with Crippen LogP contribution in [0.1, 0.15) is 17.5 Å². The number of hydrogen-bond donors (Lipinski definition) is 0. The highest BCUT2D eigenvalue weighted by atomic mass is 15.0. The predicted molar refractivity (Wildman–Crippen MR) is 209 cm³/mol. The Hall–Kier alpha value is -6.18. The first-order valence-corrected chi connectivity index (χ1v) is 17.3. The fourth-order valence-electron chi connectivity index (χ4n) is 8.30. The maximum Gasteiger partial charge on any atom is 0.0541 e. The second-order valence-electron chi connectivity index (χ2n) is 13.2. The summed E-state index contributed by atoms with van der Waals surface area (Å²) in [5.74, 6) is 0. The molecule has 8 aromatic carbocycles. The van der Waals surface area contributed by atoms with E-state index in [1.807, 2.05) is 0 Å². The van der Waals surface area contributed by atoms with Crippen molar-refractivity contribution in [3.05, 3.63) is 181 Å². The van der Waals surface area contributed by atoms with Crippen molar-refractivity contribution in [1.29, 1.82) is 0 Å². The zero-order chi connectivity index (χ0) is 32.3. The largest absolute Gasteiger partial charge is 0.309 e. The summed E-state index contributed by atoms with van der Waals surface area (Å²) in [6, 6.07) is 60.2. The Morgan fingerprint density at radius 2 is 1.06 bits per heavy atom. The summed E-state index contributed by atoms with van der Waals surface area (Å²) in [6.45, 7) is 0. The van der Waals surface area contributed by atoms with E-state index in [0.717, 1.165) is 12.8 Å². The van der Waals surface area contributed by atoms with Gasteiger partial charge in [-0.1, -0.05) is 146 Å². The molecular weight excluding hydrogens is 591 g/mol. The summed E-state index contributed by atoms with van der Waals surface area (Å²) in [5.41, 5.74) is 14.2. The van der Waals surface area contributed by atoms with Crippen LogP contribution in [0, 0.1) is 0 Å². The molecule has 1 heteroatoms. The van der Waals surface area contributed by atoms with Crippen molar-refractivity contribution in [1.82, 2.24) is 4.57 Å². The fourth-order valence-corrected chi connectivity index (χ4v) is 8.30.